The van der Waals surface area contributed by atoms with E-state index in [-0.39, 0.29) is 17.7 Å². The second kappa shape index (κ2) is 7.35. The molecule has 0 aromatic carbocycles. The van der Waals surface area contributed by atoms with Crippen LogP contribution < -0.4 is 10.5 Å². The average molecular weight is 305 g/mol. The molecule has 22 heavy (non-hydrogen) atoms. The van der Waals surface area contributed by atoms with Crippen LogP contribution in [0.4, 0.5) is 0 Å². The second-order valence-electron chi connectivity index (χ2n) is 5.69. The van der Waals surface area contributed by atoms with Crippen LogP contribution in [0.1, 0.15) is 48.7 Å². The molecule has 6 nitrogen and oxygen atoms in total. The highest BCUT2D eigenvalue weighted by atomic mass is 16.5. The van der Waals surface area contributed by atoms with Gasteiger partial charge in [0.15, 0.2) is 0 Å². The minimum atomic E-state index is -0.384. The molecule has 0 unspecified atom stereocenters. The number of hydrogen-bond acceptors (Lipinski definition) is 4. The van der Waals surface area contributed by atoms with Crippen molar-refractivity contribution in [1.82, 2.24) is 4.98 Å². The van der Waals surface area contributed by atoms with E-state index >= 15 is 0 Å². The number of nitrogens with zero attached hydrogens (tertiary/aromatic N) is 2. The molecule has 0 saturated carbocycles. The van der Waals surface area contributed by atoms with E-state index in [2.05, 4.69) is 9.98 Å². The number of aromatic nitrogens is 1. The Balaban J connectivity index is 2.18. The van der Waals surface area contributed by atoms with Gasteiger partial charge in [0, 0.05) is 25.3 Å². The van der Waals surface area contributed by atoms with Crippen LogP contribution in [0.5, 0.6) is 5.75 Å². The van der Waals surface area contributed by atoms with Crippen LogP contribution in [0.25, 0.3) is 0 Å². The van der Waals surface area contributed by atoms with E-state index < -0.39 is 0 Å². The summed E-state index contributed by atoms with van der Waals surface area (Å²) >= 11 is 0. The van der Waals surface area contributed by atoms with Gasteiger partial charge in [0.2, 0.25) is 0 Å². The van der Waals surface area contributed by atoms with E-state index in [0.29, 0.717) is 30.4 Å². The average Bonchev–Trinajstić information content (AvgIpc) is 2.54. The van der Waals surface area contributed by atoms with Crippen molar-refractivity contribution in [3.05, 3.63) is 23.5 Å². The summed E-state index contributed by atoms with van der Waals surface area (Å²) in [4.78, 5) is 20.6. The first-order valence-corrected chi connectivity index (χ1v) is 7.53. The third-order valence-electron chi connectivity index (χ3n) is 3.77. The molecular formula is C16H23N3O3. The maximum atomic E-state index is 12.3. The van der Waals surface area contributed by atoms with Gasteiger partial charge in [-0.15, -0.1) is 0 Å². The van der Waals surface area contributed by atoms with Crippen molar-refractivity contribution < 1.29 is 14.3 Å². The van der Waals surface area contributed by atoms with Crippen LogP contribution in [-0.2, 0) is 4.74 Å². The van der Waals surface area contributed by atoms with Gasteiger partial charge in [-0.3, -0.25) is 9.78 Å². The van der Waals surface area contributed by atoms with Gasteiger partial charge in [0.05, 0.1) is 18.4 Å². The molecule has 2 N–H and O–H groups in total. The first-order valence-electron chi connectivity index (χ1n) is 7.53. The number of hydrogen-bond donors (Lipinski definition) is 1. The molecule has 1 fully saturated rings. The van der Waals surface area contributed by atoms with Gasteiger partial charge in [-0.1, -0.05) is 13.8 Å². The van der Waals surface area contributed by atoms with E-state index in [9.17, 15) is 4.79 Å². The highest BCUT2D eigenvalue weighted by Crippen LogP contribution is 2.25. The summed E-state index contributed by atoms with van der Waals surface area (Å²) in [6, 6.07) is 1.67. The second-order valence-corrected chi connectivity index (χ2v) is 5.69. The van der Waals surface area contributed by atoms with Crippen LogP contribution in [0, 0.1) is 5.92 Å². The van der Waals surface area contributed by atoms with Crippen molar-refractivity contribution in [3.63, 3.8) is 0 Å². The Morgan fingerprint density at radius 1 is 1.45 bits per heavy atom. The molecule has 2 rings (SSSR count). The molecule has 0 atom stereocenters. The van der Waals surface area contributed by atoms with Gasteiger partial charge >= 0.3 is 0 Å². The Hall–Kier alpha value is -1.95. The van der Waals surface area contributed by atoms with Crippen LogP contribution >= 0.6 is 0 Å². The van der Waals surface area contributed by atoms with Crippen LogP contribution in [0.2, 0.25) is 0 Å². The van der Waals surface area contributed by atoms with Crippen molar-refractivity contribution in [2.75, 3.05) is 20.3 Å². The fraction of sp³-hybridized carbons (Fsp3) is 0.562. The number of rotatable bonds is 4. The van der Waals surface area contributed by atoms with Crippen LogP contribution in [0.3, 0.4) is 0 Å². The van der Waals surface area contributed by atoms with Crippen molar-refractivity contribution in [2.24, 2.45) is 16.6 Å². The minimum Gasteiger partial charge on any atom is -0.495 e. The Kier molecular flexibility index (Phi) is 5.49. The molecule has 2 heterocycles. The van der Waals surface area contributed by atoms with Gasteiger partial charge in [-0.25, -0.2) is 0 Å². The fourth-order valence-corrected chi connectivity index (χ4v) is 2.44. The van der Waals surface area contributed by atoms with E-state index in [4.69, 9.17) is 15.2 Å². The number of nitrogens with two attached hydrogens (primary N) is 1. The van der Waals surface area contributed by atoms with Gasteiger partial charge < -0.3 is 15.2 Å². The minimum absolute atomic E-state index is 0.113. The molecule has 1 aromatic rings. The number of amidine groups is 1. The van der Waals surface area contributed by atoms with Crippen LogP contribution in [0.15, 0.2) is 17.3 Å². The number of carbonyl (C=O) groups is 1. The summed E-state index contributed by atoms with van der Waals surface area (Å²) in [5, 5.41) is 0. The Morgan fingerprint density at radius 2 is 2.14 bits per heavy atom. The molecule has 0 bridgehead atoms. The topological polar surface area (TPSA) is 86.8 Å². The largest absolute Gasteiger partial charge is 0.495 e. The molecule has 6 heteroatoms. The van der Waals surface area contributed by atoms with E-state index in [1.54, 1.807) is 13.2 Å². The lowest BCUT2D eigenvalue weighted by Crippen LogP contribution is -2.30. The lowest BCUT2D eigenvalue weighted by Gasteiger charge is -2.21. The molecule has 1 aliphatic heterocycles. The number of aliphatic imine (C=N–C) groups is 1. The predicted molar refractivity (Wildman–Crippen MR) is 84.4 cm³/mol. The van der Waals surface area contributed by atoms with Crippen molar-refractivity contribution >= 4 is 11.7 Å². The van der Waals surface area contributed by atoms with Crippen LogP contribution in [-0.4, -0.2) is 37.1 Å². The number of methoxy groups -OCH3 is 1. The SMILES string of the molecule is COc1cc(C(=O)N=C(N)C2CCOCC2)cnc1C(C)C. The lowest BCUT2D eigenvalue weighted by molar-refractivity contribution is 0.0820. The standard InChI is InChI=1S/C16H23N3O3/c1-10(2)14-13(21-3)8-12(9-18-14)16(20)19-15(17)11-4-6-22-7-5-11/h8-11H,4-7H2,1-3H3,(H2,17,19,20). The summed E-state index contributed by atoms with van der Waals surface area (Å²) in [6.07, 6.45) is 3.13. The number of pyridine rings is 1. The highest BCUT2D eigenvalue weighted by molar-refractivity contribution is 6.03. The Morgan fingerprint density at radius 3 is 2.73 bits per heavy atom. The molecule has 0 aliphatic carbocycles. The summed E-state index contributed by atoms with van der Waals surface area (Å²) in [5.41, 5.74) is 7.16. The molecule has 1 aliphatic rings. The van der Waals surface area contributed by atoms with Crippen molar-refractivity contribution in [2.45, 2.75) is 32.6 Å². The third kappa shape index (κ3) is 3.82. The molecule has 1 saturated heterocycles. The van der Waals surface area contributed by atoms with E-state index in [0.717, 1.165) is 18.5 Å². The van der Waals surface area contributed by atoms with Gasteiger partial charge in [0.25, 0.3) is 5.91 Å². The van der Waals surface area contributed by atoms with Crippen molar-refractivity contribution in [1.29, 1.82) is 0 Å². The summed E-state index contributed by atoms with van der Waals surface area (Å²) in [7, 11) is 1.57. The molecular weight excluding hydrogens is 282 g/mol. The Bertz CT molecular complexity index is 564. The highest BCUT2D eigenvalue weighted by Gasteiger charge is 2.19. The first-order chi connectivity index (χ1) is 10.5. The number of carbonyl (C=O) groups excluding carboxylic acids is 1. The number of amides is 1. The molecule has 1 aromatic heterocycles. The normalized spacial score (nSPS) is 16.8. The van der Waals surface area contributed by atoms with Crippen molar-refractivity contribution in [3.8, 4) is 5.75 Å². The predicted octanol–water partition coefficient (Wildman–Crippen LogP) is 2.14. The third-order valence-corrected chi connectivity index (χ3v) is 3.77. The summed E-state index contributed by atoms with van der Waals surface area (Å²) in [5.74, 6) is 0.920. The first kappa shape index (κ1) is 16.4. The van der Waals surface area contributed by atoms with Gasteiger partial charge in [-0.2, -0.15) is 4.99 Å². The lowest BCUT2D eigenvalue weighted by atomic mass is 9.99. The maximum Gasteiger partial charge on any atom is 0.280 e. The monoisotopic (exact) mass is 305 g/mol. The zero-order valence-electron chi connectivity index (χ0n) is 13.3. The quantitative estimate of drug-likeness (QED) is 0.680. The zero-order valence-corrected chi connectivity index (χ0v) is 13.3. The number of ether oxygens (including phenoxy) is 2. The Labute approximate surface area is 130 Å². The maximum absolute atomic E-state index is 12.3. The molecule has 120 valence electrons. The van der Waals surface area contributed by atoms with E-state index in [1.807, 2.05) is 13.8 Å². The smallest absolute Gasteiger partial charge is 0.280 e. The van der Waals surface area contributed by atoms with Gasteiger partial charge in [-0.05, 0) is 24.8 Å². The van der Waals surface area contributed by atoms with Gasteiger partial charge in [0.1, 0.15) is 11.6 Å². The summed E-state index contributed by atoms with van der Waals surface area (Å²) < 4.78 is 10.6. The zero-order chi connectivity index (χ0) is 16.1. The fourth-order valence-electron chi connectivity index (χ4n) is 2.44. The molecule has 0 spiro atoms. The molecule has 1 amide bonds. The van der Waals surface area contributed by atoms with E-state index in [1.165, 1.54) is 6.20 Å². The molecule has 0 radical (unpaired) electrons. The summed E-state index contributed by atoms with van der Waals surface area (Å²) in [6.45, 7) is 5.36.